The summed E-state index contributed by atoms with van der Waals surface area (Å²) in [6, 6.07) is 7.49. The Morgan fingerprint density at radius 2 is 1.86 bits per heavy atom. The van der Waals surface area contributed by atoms with E-state index in [2.05, 4.69) is 29.0 Å². The van der Waals surface area contributed by atoms with Crippen molar-refractivity contribution in [3.8, 4) is 17.1 Å². The van der Waals surface area contributed by atoms with Crippen molar-refractivity contribution in [2.75, 3.05) is 6.61 Å². The average molecular weight is 382 g/mol. The number of aryl methyl sites for hydroxylation is 1. The van der Waals surface area contributed by atoms with E-state index in [9.17, 15) is 9.59 Å². The third-order valence-electron chi connectivity index (χ3n) is 4.61. The Hall–Kier alpha value is -3.36. The quantitative estimate of drug-likeness (QED) is 0.567. The van der Waals surface area contributed by atoms with Gasteiger partial charge in [0.2, 0.25) is 5.78 Å². The molecule has 0 amide bonds. The maximum atomic E-state index is 12.6. The zero-order chi connectivity index (χ0) is 20.0. The maximum absolute atomic E-state index is 12.6. The van der Waals surface area contributed by atoms with Crippen LogP contribution in [0, 0.1) is 5.92 Å². The Kier molecular flexibility index (Phi) is 4.29. The molecule has 0 saturated heterocycles. The van der Waals surface area contributed by atoms with E-state index < -0.39 is 11.2 Å². The summed E-state index contributed by atoms with van der Waals surface area (Å²) in [4.78, 5) is 27.2. The number of aromatic amines is 1. The predicted molar refractivity (Wildman–Crippen MR) is 106 cm³/mol. The van der Waals surface area contributed by atoms with Gasteiger partial charge >= 0.3 is 5.69 Å². The largest absolute Gasteiger partial charge is 0.494 e. The molecular formula is C19H22N6O3. The van der Waals surface area contributed by atoms with Crippen LogP contribution in [0.25, 0.3) is 28.3 Å². The molecule has 0 aliphatic heterocycles. The van der Waals surface area contributed by atoms with Crippen molar-refractivity contribution in [2.24, 2.45) is 13.0 Å². The van der Waals surface area contributed by atoms with E-state index in [0.717, 1.165) is 11.3 Å². The summed E-state index contributed by atoms with van der Waals surface area (Å²) in [7, 11) is 1.63. The molecule has 1 aromatic carbocycles. The zero-order valence-electron chi connectivity index (χ0n) is 16.3. The first kappa shape index (κ1) is 18.0. The number of H-pyrrole nitrogens is 1. The number of hydrogen-bond donors (Lipinski definition) is 1. The van der Waals surface area contributed by atoms with Crippen molar-refractivity contribution < 1.29 is 4.74 Å². The van der Waals surface area contributed by atoms with Gasteiger partial charge in [-0.3, -0.25) is 14.3 Å². The molecule has 0 bridgehead atoms. The summed E-state index contributed by atoms with van der Waals surface area (Å²) in [5.41, 5.74) is 0.785. The Balaban J connectivity index is 2.06. The van der Waals surface area contributed by atoms with E-state index in [4.69, 9.17) is 4.74 Å². The number of ether oxygens (including phenoxy) is 1. The monoisotopic (exact) mass is 382 g/mol. The molecule has 0 saturated carbocycles. The van der Waals surface area contributed by atoms with Crippen LogP contribution >= 0.6 is 0 Å². The topological polar surface area (TPSA) is 99.2 Å². The third-order valence-corrected chi connectivity index (χ3v) is 4.61. The number of fused-ring (bicyclic) bond motifs is 3. The second-order valence-corrected chi connectivity index (χ2v) is 7.11. The molecular weight excluding hydrogens is 360 g/mol. The fourth-order valence-corrected chi connectivity index (χ4v) is 3.43. The summed E-state index contributed by atoms with van der Waals surface area (Å²) in [5, 5.41) is 8.68. The summed E-state index contributed by atoms with van der Waals surface area (Å²) in [6.45, 7) is 7.21. The van der Waals surface area contributed by atoms with Gasteiger partial charge in [0.1, 0.15) is 5.75 Å². The molecule has 0 fully saturated rings. The van der Waals surface area contributed by atoms with Crippen molar-refractivity contribution in [1.29, 1.82) is 0 Å². The highest BCUT2D eigenvalue weighted by molar-refractivity contribution is 5.79. The fourth-order valence-electron chi connectivity index (χ4n) is 3.43. The highest BCUT2D eigenvalue weighted by Gasteiger charge is 2.23. The minimum Gasteiger partial charge on any atom is -0.494 e. The Morgan fingerprint density at radius 1 is 1.14 bits per heavy atom. The van der Waals surface area contributed by atoms with Crippen molar-refractivity contribution in [3.05, 3.63) is 45.1 Å². The molecule has 3 aromatic heterocycles. The van der Waals surface area contributed by atoms with Crippen LogP contribution in [0.3, 0.4) is 0 Å². The number of aromatic nitrogens is 6. The van der Waals surface area contributed by atoms with Crippen LogP contribution in [-0.2, 0) is 13.6 Å². The summed E-state index contributed by atoms with van der Waals surface area (Å²) in [5.74, 6) is 2.13. The van der Waals surface area contributed by atoms with Crippen molar-refractivity contribution in [2.45, 2.75) is 27.3 Å². The Labute approximate surface area is 160 Å². The van der Waals surface area contributed by atoms with Gasteiger partial charge in [0.25, 0.3) is 5.56 Å². The van der Waals surface area contributed by atoms with Gasteiger partial charge in [-0.25, -0.2) is 9.20 Å². The van der Waals surface area contributed by atoms with Crippen LogP contribution in [-0.4, -0.2) is 35.3 Å². The van der Waals surface area contributed by atoms with Crippen LogP contribution in [0.4, 0.5) is 0 Å². The van der Waals surface area contributed by atoms with Gasteiger partial charge in [0.05, 0.1) is 6.61 Å². The number of hydrogen-bond acceptors (Lipinski definition) is 5. The molecule has 9 heteroatoms. The number of benzene rings is 1. The van der Waals surface area contributed by atoms with Crippen LogP contribution in [0.2, 0.25) is 0 Å². The number of nitrogens with one attached hydrogen (secondary N) is 1. The molecule has 0 aliphatic carbocycles. The zero-order valence-corrected chi connectivity index (χ0v) is 16.3. The Morgan fingerprint density at radius 3 is 2.50 bits per heavy atom. The molecule has 0 unspecified atom stereocenters. The first-order valence-corrected chi connectivity index (χ1v) is 9.22. The average Bonchev–Trinajstić information content (AvgIpc) is 3.20. The smallest absolute Gasteiger partial charge is 0.329 e. The van der Waals surface area contributed by atoms with Crippen LogP contribution in [0.1, 0.15) is 20.8 Å². The molecule has 0 atom stereocenters. The van der Waals surface area contributed by atoms with E-state index in [1.165, 1.54) is 4.57 Å². The number of rotatable bonds is 5. The van der Waals surface area contributed by atoms with Crippen LogP contribution in [0.5, 0.6) is 5.75 Å². The lowest BCUT2D eigenvalue weighted by Crippen LogP contribution is -2.29. The van der Waals surface area contributed by atoms with Crippen molar-refractivity contribution in [1.82, 2.24) is 28.7 Å². The summed E-state index contributed by atoms with van der Waals surface area (Å²) in [6.07, 6.45) is 0. The summed E-state index contributed by atoms with van der Waals surface area (Å²) >= 11 is 0. The van der Waals surface area contributed by atoms with E-state index in [1.54, 1.807) is 11.4 Å². The van der Waals surface area contributed by atoms with Gasteiger partial charge < -0.3 is 9.30 Å². The molecule has 9 nitrogen and oxygen atoms in total. The minimum absolute atomic E-state index is 0.279. The van der Waals surface area contributed by atoms with E-state index in [1.807, 2.05) is 35.8 Å². The minimum atomic E-state index is -0.479. The molecule has 0 spiro atoms. The SMILES string of the molecule is CCOc1ccc(-c2nnc3n(CC(C)C)c4c(=O)[nH]c(=O)n(C)c4n23)cc1. The normalized spacial score (nSPS) is 11.8. The lowest BCUT2D eigenvalue weighted by atomic mass is 10.2. The first-order valence-electron chi connectivity index (χ1n) is 9.22. The highest BCUT2D eigenvalue weighted by atomic mass is 16.5. The van der Waals surface area contributed by atoms with E-state index in [0.29, 0.717) is 35.9 Å². The predicted octanol–water partition coefficient (Wildman–Crippen LogP) is 1.79. The van der Waals surface area contributed by atoms with Crippen molar-refractivity contribution >= 4 is 16.9 Å². The molecule has 4 aromatic rings. The number of imidazole rings is 1. The van der Waals surface area contributed by atoms with Gasteiger partial charge in [-0.15, -0.1) is 10.2 Å². The maximum Gasteiger partial charge on any atom is 0.329 e. The summed E-state index contributed by atoms with van der Waals surface area (Å²) < 4.78 is 10.5. The van der Waals surface area contributed by atoms with Gasteiger partial charge in [-0.2, -0.15) is 0 Å². The molecule has 3 heterocycles. The van der Waals surface area contributed by atoms with Gasteiger partial charge in [-0.1, -0.05) is 13.8 Å². The van der Waals surface area contributed by atoms with Gasteiger partial charge in [-0.05, 0) is 37.1 Å². The first-order chi connectivity index (χ1) is 13.4. The third kappa shape index (κ3) is 2.70. The molecule has 0 aliphatic rings. The second-order valence-electron chi connectivity index (χ2n) is 7.11. The Bertz CT molecular complexity index is 1270. The van der Waals surface area contributed by atoms with Gasteiger partial charge in [0.15, 0.2) is 17.0 Å². The fraction of sp³-hybridized carbons (Fsp3) is 0.368. The van der Waals surface area contributed by atoms with Crippen molar-refractivity contribution in [3.63, 3.8) is 0 Å². The molecule has 28 heavy (non-hydrogen) atoms. The standard InChI is InChI=1S/C19H22N6O3/c1-5-28-13-8-6-12(7-9-13)15-21-22-18-24(10-11(2)3)14-16(26)20-19(27)23(4)17(14)25(15)18/h6-9,11H,5,10H2,1-4H3,(H,20,26,27). The molecule has 1 N–H and O–H groups in total. The highest BCUT2D eigenvalue weighted by Crippen LogP contribution is 2.26. The van der Waals surface area contributed by atoms with E-state index >= 15 is 0 Å². The molecule has 4 rings (SSSR count). The van der Waals surface area contributed by atoms with E-state index in [-0.39, 0.29) is 5.92 Å². The molecule has 0 radical (unpaired) electrons. The van der Waals surface area contributed by atoms with Crippen LogP contribution in [0.15, 0.2) is 33.9 Å². The lowest BCUT2D eigenvalue weighted by Gasteiger charge is -2.07. The molecule has 146 valence electrons. The van der Waals surface area contributed by atoms with Crippen LogP contribution < -0.4 is 16.0 Å². The number of nitrogens with zero attached hydrogens (tertiary/aromatic N) is 5. The lowest BCUT2D eigenvalue weighted by molar-refractivity contribution is 0.340. The second kappa shape index (κ2) is 6.66. The van der Waals surface area contributed by atoms with Gasteiger partial charge in [0, 0.05) is 19.2 Å².